The minimum atomic E-state index is -0.296. The molecule has 0 unspecified atom stereocenters. The lowest BCUT2D eigenvalue weighted by molar-refractivity contribution is 0.305. The molecular weight excluding hydrogens is 485 g/mol. The minimum Gasteiger partial charge on any atom is -0.489 e. The quantitative estimate of drug-likeness (QED) is 0.277. The third kappa shape index (κ3) is 5.37. The van der Waals surface area contributed by atoms with E-state index in [1.807, 2.05) is 49.4 Å². The molecule has 0 fully saturated rings. The van der Waals surface area contributed by atoms with Crippen LogP contribution in [-0.4, -0.2) is 15.9 Å². The van der Waals surface area contributed by atoms with Gasteiger partial charge in [-0.1, -0.05) is 54.0 Å². The van der Waals surface area contributed by atoms with Crippen LogP contribution in [0.25, 0.3) is 10.9 Å². The van der Waals surface area contributed by atoms with Gasteiger partial charge in [0.1, 0.15) is 24.0 Å². The molecule has 3 aromatic carbocycles. The summed E-state index contributed by atoms with van der Waals surface area (Å²) in [5, 5.41) is 4.99. The van der Waals surface area contributed by atoms with Crippen molar-refractivity contribution in [3.8, 4) is 5.75 Å². The lowest BCUT2D eigenvalue weighted by Crippen LogP contribution is -2.23. The standard InChI is InChI=1S/C26H23BrFN3O2/c1-3-17(2)25-30-24-11-10-20(27)14-23(24)26(32)31(25)29-15-18-6-5-9-22(13-18)33-16-19-7-4-8-21(28)12-19/h4-15,17H,3,16H2,1-2H3/t17-/m0/s1. The number of ether oxygens (including phenoxy) is 1. The summed E-state index contributed by atoms with van der Waals surface area (Å²) in [5.41, 5.74) is 1.94. The fraction of sp³-hybridized carbons (Fsp3) is 0.192. The lowest BCUT2D eigenvalue weighted by Gasteiger charge is -2.14. The van der Waals surface area contributed by atoms with E-state index in [0.29, 0.717) is 22.5 Å². The van der Waals surface area contributed by atoms with Gasteiger partial charge in [-0.25, -0.2) is 9.37 Å². The Kier molecular flexibility index (Phi) is 6.99. The zero-order valence-corrected chi connectivity index (χ0v) is 19.9. The first-order valence-corrected chi connectivity index (χ1v) is 11.5. The Labute approximate surface area is 199 Å². The van der Waals surface area contributed by atoms with Crippen molar-refractivity contribution >= 4 is 33.0 Å². The topological polar surface area (TPSA) is 56.5 Å². The molecular formula is C26H23BrFN3O2. The second kappa shape index (κ2) is 10.1. The van der Waals surface area contributed by atoms with E-state index in [1.54, 1.807) is 18.3 Å². The summed E-state index contributed by atoms with van der Waals surface area (Å²) in [6.45, 7) is 4.33. The molecule has 4 aromatic rings. The maximum absolute atomic E-state index is 13.4. The normalized spacial score (nSPS) is 12.4. The molecule has 0 saturated heterocycles. The molecule has 1 aromatic heterocycles. The molecule has 5 nitrogen and oxygen atoms in total. The van der Waals surface area contributed by atoms with Crippen molar-refractivity contribution in [1.82, 2.24) is 9.66 Å². The SMILES string of the molecule is CC[C@H](C)c1nc2ccc(Br)cc2c(=O)n1N=Cc1cccc(OCc2cccc(F)c2)c1. The number of hydrogen-bond acceptors (Lipinski definition) is 4. The van der Waals surface area contributed by atoms with Crippen molar-refractivity contribution in [1.29, 1.82) is 0 Å². The highest BCUT2D eigenvalue weighted by atomic mass is 79.9. The molecule has 1 heterocycles. The summed E-state index contributed by atoms with van der Waals surface area (Å²) in [6.07, 6.45) is 2.45. The lowest BCUT2D eigenvalue weighted by atomic mass is 10.1. The van der Waals surface area contributed by atoms with Gasteiger partial charge in [0.15, 0.2) is 0 Å². The van der Waals surface area contributed by atoms with Crippen LogP contribution in [0.5, 0.6) is 5.75 Å². The smallest absolute Gasteiger partial charge is 0.282 e. The second-order valence-electron chi connectivity index (χ2n) is 7.79. The summed E-state index contributed by atoms with van der Waals surface area (Å²) < 4.78 is 21.4. The third-order valence-corrected chi connectivity index (χ3v) is 5.85. The Morgan fingerprint density at radius 1 is 1.15 bits per heavy atom. The number of aromatic nitrogens is 2. The molecule has 0 aliphatic carbocycles. The Morgan fingerprint density at radius 2 is 1.97 bits per heavy atom. The Morgan fingerprint density at radius 3 is 2.76 bits per heavy atom. The zero-order valence-electron chi connectivity index (χ0n) is 18.3. The third-order valence-electron chi connectivity index (χ3n) is 5.36. The van der Waals surface area contributed by atoms with E-state index in [2.05, 4.69) is 28.0 Å². The first-order chi connectivity index (χ1) is 15.9. The molecule has 33 heavy (non-hydrogen) atoms. The molecule has 0 saturated carbocycles. The van der Waals surface area contributed by atoms with Gasteiger partial charge in [-0.2, -0.15) is 9.78 Å². The van der Waals surface area contributed by atoms with Gasteiger partial charge in [0.25, 0.3) is 5.56 Å². The first kappa shape index (κ1) is 22.9. The minimum absolute atomic E-state index is 0.0591. The largest absolute Gasteiger partial charge is 0.489 e. The van der Waals surface area contributed by atoms with E-state index in [4.69, 9.17) is 9.72 Å². The molecule has 4 rings (SSSR count). The fourth-order valence-corrected chi connectivity index (χ4v) is 3.74. The predicted octanol–water partition coefficient (Wildman–Crippen LogP) is 6.27. The van der Waals surface area contributed by atoms with E-state index in [1.165, 1.54) is 16.8 Å². The maximum atomic E-state index is 13.4. The van der Waals surface area contributed by atoms with Crippen LogP contribution in [-0.2, 0) is 6.61 Å². The average molecular weight is 508 g/mol. The Hall–Kier alpha value is -3.32. The van der Waals surface area contributed by atoms with Gasteiger partial charge in [0.2, 0.25) is 0 Å². The highest BCUT2D eigenvalue weighted by Crippen LogP contribution is 2.21. The summed E-state index contributed by atoms with van der Waals surface area (Å²) in [6, 6.07) is 19.1. The van der Waals surface area contributed by atoms with Crippen molar-refractivity contribution in [2.24, 2.45) is 5.10 Å². The van der Waals surface area contributed by atoms with Crippen LogP contribution in [0.15, 0.2) is 81.1 Å². The van der Waals surface area contributed by atoms with Crippen LogP contribution in [0.4, 0.5) is 4.39 Å². The summed E-state index contributed by atoms with van der Waals surface area (Å²) in [7, 11) is 0. The van der Waals surface area contributed by atoms with Gasteiger partial charge >= 0.3 is 0 Å². The van der Waals surface area contributed by atoms with Crippen molar-refractivity contribution in [3.05, 3.63) is 104 Å². The Balaban J connectivity index is 1.64. The van der Waals surface area contributed by atoms with Crippen LogP contribution >= 0.6 is 15.9 Å². The van der Waals surface area contributed by atoms with Crippen molar-refractivity contribution < 1.29 is 9.13 Å². The van der Waals surface area contributed by atoms with E-state index in [-0.39, 0.29) is 23.9 Å². The first-order valence-electron chi connectivity index (χ1n) is 10.7. The number of fused-ring (bicyclic) bond motifs is 1. The molecule has 1 atom stereocenters. The van der Waals surface area contributed by atoms with Gasteiger partial charge in [-0.3, -0.25) is 4.79 Å². The number of halogens is 2. The van der Waals surface area contributed by atoms with Crippen LogP contribution in [0.3, 0.4) is 0 Å². The van der Waals surface area contributed by atoms with Crippen LogP contribution in [0.1, 0.15) is 43.1 Å². The number of rotatable bonds is 7. The van der Waals surface area contributed by atoms with E-state index in [9.17, 15) is 9.18 Å². The molecule has 0 N–H and O–H groups in total. The van der Waals surface area contributed by atoms with E-state index in [0.717, 1.165) is 22.0 Å². The monoisotopic (exact) mass is 507 g/mol. The molecule has 0 aliphatic rings. The molecule has 0 aliphatic heterocycles. The van der Waals surface area contributed by atoms with E-state index >= 15 is 0 Å². The van der Waals surface area contributed by atoms with Crippen LogP contribution < -0.4 is 10.3 Å². The predicted molar refractivity (Wildman–Crippen MR) is 133 cm³/mol. The maximum Gasteiger partial charge on any atom is 0.282 e. The highest BCUT2D eigenvalue weighted by Gasteiger charge is 2.15. The second-order valence-corrected chi connectivity index (χ2v) is 8.71. The zero-order chi connectivity index (χ0) is 23.4. The average Bonchev–Trinajstić information content (AvgIpc) is 2.82. The molecule has 7 heteroatoms. The van der Waals surface area contributed by atoms with Crippen molar-refractivity contribution in [2.45, 2.75) is 32.8 Å². The number of benzene rings is 3. The number of nitrogens with zero attached hydrogens (tertiary/aromatic N) is 3. The van der Waals surface area contributed by atoms with Crippen molar-refractivity contribution in [3.63, 3.8) is 0 Å². The molecule has 0 radical (unpaired) electrons. The van der Waals surface area contributed by atoms with Gasteiger partial charge < -0.3 is 4.74 Å². The van der Waals surface area contributed by atoms with Gasteiger partial charge in [0, 0.05) is 10.4 Å². The molecule has 0 spiro atoms. The number of hydrogen-bond donors (Lipinski definition) is 0. The van der Waals surface area contributed by atoms with Gasteiger partial charge in [-0.05, 0) is 60.0 Å². The summed E-state index contributed by atoms with van der Waals surface area (Å²) in [4.78, 5) is 18.0. The van der Waals surface area contributed by atoms with Crippen molar-refractivity contribution in [2.75, 3.05) is 0 Å². The van der Waals surface area contributed by atoms with Crippen LogP contribution in [0.2, 0.25) is 0 Å². The molecule has 0 bridgehead atoms. The highest BCUT2D eigenvalue weighted by molar-refractivity contribution is 9.10. The molecule has 0 amide bonds. The fourth-order valence-electron chi connectivity index (χ4n) is 3.38. The van der Waals surface area contributed by atoms with E-state index < -0.39 is 0 Å². The van der Waals surface area contributed by atoms with Gasteiger partial charge in [0.05, 0.1) is 17.1 Å². The molecule has 168 valence electrons. The Bertz CT molecular complexity index is 1380. The summed E-state index contributed by atoms with van der Waals surface area (Å²) in [5.74, 6) is 1.00. The van der Waals surface area contributed by atoms with Crippen LogP contribution in [0, 0.1) is 5.82 Å². The van der Waals surface area contributed by atoms with Gasteiger partial charge in [-0.15, -0.1) is 0 Å². The summed E-state index contributed by atoms with van der Waals surface area (Å²) >= 11 is 3.42.